The molecule has 0 radical (unpaired) electrons. The molecule has 0 aliphatic rings. The standard InChI is InChI=1S/C14H20ClNO/c1-9-8-10(2)12(4)13(11(9)3)6-7-16(5)14(15)17/h8H,6-7H2,1-5H3. The van der Waals surface area contributed by atoms with Crippen LogP contribution in [0.25, 0.3) is 0 Å². The number of nitrogens with zero attached hydrogens (tertiary/aromatic N) is 1. The molecule has 1 rings (SSSR count). The number of hydrogen-bond acceptors (Lipinski definition) is 1. The topological polar surface area (TPSA) is 20.3 Å². The van der Waals surface area contributed by atoms with E-state index in [9.17, 15) is 4.79 Å². The van der Waals surface area contributed by atoms with Crippen molar-refractivity contribution in [1.29, 1.82) is 0 Å². The summed E-state index contributed by atoms with van der Waals surface area (Å²) in [6, 6.07) is 2.21. The summed E-state index contributed by atoms with van der Waals surface area (Å²) in [5, 5.41) is -0.398. The lowest BCUT2D eigenvalue weighted by molar-refractivity contribution is 0.232. The maximum absolute atomic E-state index is 11.0. The molecule has 0 saturated carbocycles. The summed E-state index contributed by atoms with van der Waals surface area (Å²) in [5.41, 5.74) is 6.60. The summed E-state index contributed by atoms with van der Waals surface area (Å²) >= 11 is 5.42. The molecule has 3 heteroatoms. The molecule has 2 nitrogen and oxygen atoms in total. The van der Waals surface area contributed by atoms with Crippen molar-refractivity contribution in [3.63, 3.8) is 0 Å². The average Bonchev–Trinajstić information content (AvgIpc) is 2.26. The van der Waals surface area contributed by atoms with Gasteiger partial charge in [0.05, 0.1) is 0 Å². The van der Waals surface area contributed by atoms with Gasteiger partial charge in [-0.25, -0.2) is 0 Å². The quantitative estimate of drug-likeness (QED) is 0.593. The summed E-state index contributed by atoms with van der Waals surface area (Å²) in [6.45, 7) is 9.19. The molecule has 0 fully saturated rings. The predicted octanol–water partition coefficient (Wildman–Crippen LogP) is 3.75. The van der Waals surface area contributed by atoms with Gasteiger partial charge in [-0.3, -0.25) is 4.79 Å². The van der Waals surface area contributed by atoms with Gasteiger partial charge in [0, 0.05) is 13.6 Å². The van der Waals surface area contributed by atoms with Crippen molar-refractivity contribution in [3.8, 4) is 0 Å². The molecular weight excluding hydrogens is 234 g/mol. The van der Waals surface area contributed by atoms with Gasteiger partial charge >= 0.3 is 5.37 Å². The fourth-order valence-electron chi connectivity index (χ4n) is 2.04. The molecule has 1 amide bonds. The third-order valence-corrected chi connectivity index (χ3v) is 3.81. The third kappa shape index (κ3) is 3.22. The highest BCUT2D eigenvalue weighted by Crippen LogP contribution is 2.22. The molecule has 94 valence electrons. The van der Waals surface area contributed by atoms with Crippen LogP contribution >= 0.6 is 11.6 Å². The van der Waals surface area contributed by atoms with E-state index >= 15 is 0 Å². The molecule has 0 N–H and O–H groups in total. The molecule has 0 heterocycles. The van der Waals surface area contributed by atoms with E-state index in [0.717, 1.165) is 6.42 Å². The smallest absolute Gasteiger partial charge is 0.316 e. The zero-order valence-corrected chi connectivity index (χ0v) is 12.0. The molecule has 0 aliphatic carbocycles. The molecule has 0 spiro atoms. The van der Waals surface area contributed by atoms with Crippen LogP contribution in [0.4, 0.5) is 4.79 Å². The molecule has 1 aromatic carbocycles. The number of carbonyl (C=O) groups is 1. The van der Waals surface area contributed by atoms with Crippen LogP contribution in [0.1, 0.15) is 27.8 Å². The summed E-state index contributed by atoms with van der Waals surface area (Å²) in [6.07, 6.45) is 0.856. The van der Waals surface area contributed by atoms with Gasteiger partial charge in [0.25, 0.3) is 0 Å². The van der Waals surface area contributed by atoms with E-state index in [0.29, 0.717) is 6.54 Å². The Morgan fingerprint density at radius 2 is 1.65 bits per heavy atom. The Balaban J connectivity index is 2.95. The Morgan fingerprint density at radius 1 is 1.18 bits per heavy atom. The minimum absolute atomic E-state index is 0.398. The van der Waals surface area contributed by atoms with E-state index in [1.165, 1.54) is 32.7 Å². The Morgan fingerprint density at radius 3 is 2.06 bits per heavy atom. The molecule has 0 aromatic heterocycles. The first-order valence-corrected chi connectivity index (χ1v) is 6.19. The zero-order valence-electron chi connectivity index (χ0n) is 11.2. The summed E-state index contributed by atoms with van der Waals surface area (Å²) < 4.78 is 0. The lowest BCUT2D eigenvalue weighted by atomic mass is 9.92. The molecular formula is C14H20ClNO. The Kier molecular flexibility index (Phi) is 4.58. The van der Waals surface area contributed by atoms with Gasteiger partial charge in [-0.2, -0.15) is 0 Å². The SMILES string of the molecule is Cc1cc(C)c(C)c(CCN(C)C(=O)Cl)c1C. The second-order valence-electron chi connectivity index (χ2n) is 4.66. The van der Waals surface area contributed by atoms with Crippen molar-refractivity contribution in [2.24, 2.45) is 0 Å². The summed E-state index contributed by atoms with van der Waals surface area (Å²) in [5.74, 6) is 0. The van der Waals surface area contributed by atoms with Gasteiger partial charge in [-0.15, -0.1) is 0 Å². The van der Waals surface area contributed by atoms with Gasteiger partial charge in [0.1, 0.15) is 0 Å². The van der Waals surface area contributed by atoms with Gasteiger partial charge in [0.2, 0.25) is 0 Å². The number of aryl methyl sites for hydroxylation is 2. The van der Waals surface area contributed by atoms with Crippen LogP contribution in [0.5, 0.6) is 0 Å². The lowest BCUT2D eigenvalue weighted by Crippen LogP contribution is -2.24. The highest BCUT2D eigenvalue weighted by Gasteiger charge is 2.10. The van der Waals surface area contributed by atoms with Crippen LogP contribution in [-0.4, -0.2) is 23.9 Å². The largest absolute Gasteiger partial charge is 0.332 e. The van der Waals surface area contributed by atoms with E-state index in [4.69, 9.17) is 11.6 Å². The van der Waals surface area contributed by atoms with Crippen molar-refractivity contribution < 1.29 is 4.79 Å². The lowest BCUT2D eigenvalue weighted by Gasteiger charge is -2.18. The molecule has 0 unspecified atom stereocenters. The van der Waals surface area contributed by atoms with E-state index in [-0.39, 0.29) is 0 Å². The van der Waals surface area contributed by atoms with E-state index in [1.54, 1.807) is 7.05 Å². The minimum Gasteiger partial charge on any atom is -0.332 e. The first-order valence-electron chi connectivity index (χ1n) is 5.81. The first-order chi connectivity index (χ1) is 7.84. The Labute approximate surface area is 109 Å². The van der Waals surface area contributed by atoms with Crippen LogP contribution in [0.3, 0.4) is 0 Å². The van der Waals surface area contributed by atoms with Gasteiger partial charge < -0.3 is 4.90 Å². The normalized spacial score (nSPS) is 10.5. The molecule has 0 bridgehead atoms. The summed E-state index contributed by atoms with van der Waals surface area (Å²) in [4.78, 5) is 12.5. The van der Waals surface area contributed by atoms with Gasteiger partial charge in [-0.1, -0.05) is 6.07 Å². The highest BCUT2D eigenvalue weighted by molar-refractivity contribution is 6.62. The predicted molar refractivity (Wildman–Crippen MR) is 73.0 cm³/mol. The maximum Gasteiger partial charge on any atom is 0.316 e. The van der Waals surface area contributed by atoms with Crippen molar-refractivity contribution in [2.75, 3.05) is 13.6 Å². The number of halogens is 1. The molecule has 1 aromatic rings. The summed E-state index contributed by atoms with van der Waals surface area (Å²) in [7, 11) is 1.72. The number of rotatable bonds is 3. The van der Waals surface area contributed by atoms with Crippen LogP contribution in [-0.2, 0) is 6.42 Å². The maximum atomic E-state index is 11.0. The highest BCUT2D eigenvalue weighted by atomic mass is 35.5. The minimum atomic E-state index is -0.398. The number of benzene rings is 1. The Hall–Kier alpha value is -1.02. The van der Waals surface area contributed by atoms with E-state index in [1.807, 2.05) is 0 Å². The van der Waals surface area contributed by atoms with Crippen LogP contribution in [0, 0.1) is 27.7 Å². The number of likely N-dealkylation sites (N-methyl/N-ethyl adjacent to an activating group) is 1. The second-order valence-corrected chi connectivity index (χ2v) is 4.99. The van der Waals surface area contributed by atoms with E-state index in [2.05, 4.69) is 33.8 Å². The fourth-order valence-corrected chi connectivity index (χ4v) is 2.13. The monoisotopic (exact) mass is 253 g/mol. The van der Waals surface area contributed by atoms with Gasteiger partial charge in [-0.05, 0) is 73.5 Å². The molecule has 0 saturated heterocycles. The van der Waals surface area contributed by atoms with Crippen LogP contribution < -0.4 is 0 Å². The number of amides is 1. The van der Waals surface area contributed by atoms with Crippen molar-refractivity contribution in [2.45, 2.75) is 34.1 Å². The van der Waals surface area contributed by atoms with Crippen molar-refractivity contribution in [3.05, 3.63) is 33.9 Å². The van der Waals surface area contributed by atoms with Crippen LogP contribution in [0.15, 0.2) is 6.07 Å². The number of carbonyl (C=O) groups excluding carboxylic acids is 1. The number of hydrogen-bond donors (Lipinski definition) is 0. The first kappa shape index (κ1) is 14.0. The molecule has 0 aliphatic heterocycles. The van der Waals surface area contributed by atoms with E-state index < -0.39 is 5.37 Å². The molecule has 17 heavy (non-hydrogen) atoms. The zero-order chi connectivity index (χ0) is 13.2. The fraction of sp³-hybridized carbons (Fsp3) is 0.500. The average molecular weight is 254 g/mol. The van der Waals surface area contributed by atoms with Gasteiger partial charge in [0.15, 0.2) is 0 Å². The Bertz CT molecular complexity index is 414. The second kappa shape index (κ2) is 5.54. The van der Waals surface area contributed by atoms with Crippen molar-refractivity contribution in [1.82, 2.24) is 4.90 Å². The third-order valence-electron chi connectivity index (χ3n) is 3.52. The van der Waals surface area contributed by atoms with Crippen LogP contribution in [0.2, 0.25) is 0 Å². The molecule has 0 atom stereocenters. The van der Waals surface area contributed by atoms with Crippen molar-refractivity contribution >= 4 is 17.0 Å².